The molecule has 0 radical (unpaired) electrons. The minimum absolute atomic E-state index is 0.692. The van der Waals surface area contributed by atoms with Gasteiger partial charge in [-0.1, -0.05) is 54.9 Å². The second-order valence-corrected chi connectivity index (χ2v) is 6.69. The zero-order valence-corrected chi connectivity index (χ0v) is 17.1. The highest BCUT2D eigenvalue weighted by atomic mass is 35.5. The molecule has 2 aromatic carbocycles. The van der Waals surface area contributed by atoms with Crippen molar-refractivity contribution in [3.05, 3.63) is 87.1 Å². The molecular weight excluding hydrogens is 351 g/mol. The number of benzene rings is 2. The third-order valence-corrected chi connectivity index (χ3v) is 4.64. The molecule has 0 aliphatic heterocycles. The quantitative estimate of drug-likeness (QED) is 0.396. The molecule has 0 saturated carbocycles. The van der Waals surface area contributed by atoms with Gasteiger partial charge in [0.15, 0.2) is 0 Å². The van der Waals surface area contributed by atoms with Crippen LogP contribution in [0.25, 0.3) is 5.57 Å². The van der Waals surface area contributed by atoms with Crippen molar-refractivity contribution in [1.82, 2.24) is 0 Å². The van der Waals surface area contributed by atoms with Crippen LogP contribution in [0.4, 0.5) is 0 Å². The summed E-state index contributed by atoms with van der Waals surface area (Å²) in [5.41, 5.74) is 5.87. The summed E-state index contributed by atoms with van der Waals surface area (Å²) in [5.74, 6) is 0.692. The van der Waals surface area contributed by atoms with E-state index in [1.807, 2.05) is 49.4 Å². The maximum Gasteiger partial charge on any atom is 0.114 e. The maximum atomic E-state index is 6.00. The highest BCUT2D eigenvalue weighted by Crippen LogP contribution is 2.27. The molecule has 0 atom stereocenters. The average molecular weight is 377 g/mol. The van der Waals surface area contributed by atoms with Crippen LogP contribution < -0.4 is 0 Å². The van der Waals surface area contributed by atoms with Crippen LogP contribution in [-0.2, 0) is 11.2 Å². The second kappa shape index (κ2) is 10.3. The first kappa shape index (κ1) is 21.3. The predicted octanol–water partition coefficient (Wildman–Crippen LogP) is 7.50. The van der Waals surface area contributed by atoms with Gasteiger partial charge >= 0.3 is 0 Å². The van der Waals surface area contributed by atoms with Crippen LogP contribution in [0.15, 0.2) is 60.4 Å². The number of allylic oxidation sites excluding steroid dienone is 2. The first-order valence-electron chi connectivity index (χ1n) is 8.21. The van der Waals surface area contributed by atoms with Gasteiger partial charge in [-0.2, -0.15) is 0 Å². The lowest BCUT2D eigenvalue weighted by Gasteiger charge is -2.12. The number of ether oxygens (including phenoxy) is 1. The Bertz CT molecular complexity index is 743. The van der Waals surface area contributed by atoms with E-state index in [0.717, 1.165) is 33.2 Å². The highest BCUT2D eigenvalue weighted by Gasteiger charge is 2.07. The number of hydrogen-bond acceptors (Lipinski definition) is 1. The Morgan fingerprint density at radius 2 is 1.56 bits per heavy atom. The van der Waals surface area contributed by atoms with Gasteiger partial charge < -0.3 is 4.74 Å². The van der Waals surface area contributed by atoms with E-state index in [4.69, 9.17) is 27.9 Å². The molecule has 0 aliphatic carbocycles. The SMILES string of the molecule is C=C(OC)/C(C)=C(\C)c1cc(Cl)ccc1C.CCc1ccc(Cl)cc1. The van der Waals surface area contributed by atoms with Crippen molar-refractivity contribution in [3.63, 3.8) is 0 Å². The molecule has 0 saturated heterocycles. The number of aryl methyl sites for hydroxylation is 2. The van der Waals surface area contributed by atoms with Crippen LogP contribution in [0.1, 0.15) is 37.5 Å². The molecule has 2 aromatic rings. The van der Waals surface area contributed by atoms with Gasteiger partial charge in [0.1, 0.15) is 5.76 Å². The summed E-state index contributed by atoms with van der Waals surface area (Å²) in [7, 11) is 1.63. The molecule has 0 heterocycles. The molecule has 0 N–H and O–H groups in total. The van der Waals surface area contributed by atoms with Crippen LogP contribution in [-0.4, -0.2) is 7.11 Å². The van der Waals surface area contributed by atoms with Gasteiger partial charge in [-0.25, -0.2) is 0 Å². The van der Waals surface area contributed by atoms with Gasteiger partial charge in [-0.05, 0) is 79.3 Å². The summed E-state index contributed by atoms with van der Waals surface area (Å²) in [6.45, 7) is 12.1. The molecule has 3 heteroatoms. The van der Waals surface area contributed by atoms with Crippen LogP contribution in [0.3, 0.4) is 0 Å². The normalized spacial score (nSPS) is 11.2. The second-order valence-electron chi connectivity index (χ2n) is 5.82. The molecular formula is C22H26Cl2O. The lowest BCUT2D eigenvalue weighted by atomic mass is 9.97. The molecule has 2 rings (SSSR count). The van der Waals surface area contributed by atoms with E-state index in [1.54, 1.807) is 7.11 Å². The fourth-order valence-electron chi connectivity index (χ4n) is 2.28. The first-order valence-corrected chi connectivity index (χ1v) is 8.97. The molecule has 0 bridgehead atoms. The minimum atomic E-state index is 0.692. The summed E-state index contributed by atoms with van der Waals surface area (Å²) in [6.07, 6.45) is 1.08. The number of rotatable bonds is 4. The third-order valence-electron chi connectivity index (χ3n) is 4.15. The Morgan fingerprint density at radius 3 is 2.08 bits per heavy atom. The number of hydrogen-bond donors (Lipinski definition) is 0. The Balaban J connectivity index is 0.000000293. The highest BCUT2D eigenvalue weighted by molar-refractivity contribution is 6.31. The van der Waals surface area contributed by atoms with Crippen LogP contribution in [0.5, 0.6) is 0 Å². The smallest absolute Gasteiger partial charge is 0.114 e. The van der Waals surface area contributed by atoms with Gasteiger partial charge in [-0.15, -0.1) is 0 Å². The van der Waals surface area contributed by atoms with Gasteiger partial charge in [-0.3, -0.25) is 0 Å². The first-order chi connectivity index (χ1) is 11.8. The van der Waals surface area contributed by atoms with Crippen molar-refractivity contribution in [1.29, 1.82) is 0 Å². The molecule has 0 fully saturated rings. The largest absolute Gasteiger partial charge is 0.497 e. The topological polar surface area (TPSA) is 9.23 Å². The zero-order valence-electron chi connectivity index (χ0n) is 15.6. The van der Waals surface area contributed by atoms with E-state index in [0.29, 0.717) is 5.76 Å². The molecule has 0 spiro atoms. The fraction of sp³-hybridized carbons (Fsp3) is 0.273. The molecule has 0 unspecified atom stereocenters. The van der Waals surface area contributed by atoms with E-state index < -0.39 is 0 Å². The van der Waals surface area contributed by atoms with Gasteiger partial charge in [0.2, 0.25) is 0 Å². The van der Waals surface area contributed by atoms with Crippen molar-refractivity contribution in [3.8, 4) is 0 Å². The van der Waals surface area contributed by atoms with Gasteiger partial charge in [0, 0.05) is 10.0 Å². The van der Waals surface area contributed by atoms with Crippen molar-refractivity contribution < 1.29 is 4.74 Å². The molecule has 1 nitrogen and oxygen atoms in total. The minimum Gasteiger partial charge on any atom is -0.497 e. The third kappa shape index (κ3) is 6.61. The number of halogens is 2. The van der Waals surface area contributed by atoms with Crippen molar-refractivity contribution in [2.24, 2.45) is 0 Å². The van der Waals surface area contributed by atoms with Crippen LogP contribution in [0, 0.1) is 6.92 Å². The summed E-state index contributed by atoms with van der Waals surface area (Å²) in [6, 6.07) is 13.8. The molecule has 0 aromatic heterocycles. The Hall–Kier alpha value is -1.70. The standard InChI is InChI=1S/C14H17ClO.C8H9Cl/c1-9-6-7-13(15)8-14(9)11(3)10(2)12(4)16-5;1-2-7-3-5-8(9)6-4-7/h6-8H,4H2,1-3,5H3;3-6H,2H2,1H3/b11-10+;. The van der Waals surface area contributed by atoms with E-state index in [-0.39, 0.29) is 0 Å². The lowest BCUT2D eigenvalue weighted by molar-refractivity contribution is 0.303. The van der Waals surface area contributed by atoms with Crippen LogP contribution >= 0.6 is 23.2 Å². The number of methoxy groups -OCH3 is 1. The van der Waals surface area contributed by atoms with E-state index in [2.05, 4.69) is 27.4 Å². The average Bonchev–Trinajstić information content (AvgIpc) is 2.63. The Labute approximate surface area is 161 Å². The monoisotopic (exact) mass is 376 g/mol. The van der Waals surface area contributed by atoms with Gasteiger partial charge in [0.05, 0.1) is 7.11 Å². The summed E-state index contributed by atoms with van der Waals surface area (Å²) in [4.78, 5) is 0. The van der Waals surface area contributed by atoms with Crippen molar-refractivity contribution in [2.75, 3.05) is 7.11 Å². The molecule has 25 heavy (non-hydrogen) atoms. The van der Waals surface area contributed by atoms with Crippen molar-refractivity contribution >= 4 is 28.8 Å². The predicted molar refractivity (Wildman–Crippen MR) is 111 cm³/mol. The van der Waals surface area contributed by atoms with Gasteiger partial charge in [0.25, 0.3) is 0 Å². The zero-order chi connectivity index (χ0) is 19.0. The summed E-state index contributed by atoms with van der Waals surface area (Å²) in [5, 5.41) is 1.56. The fourth-order valence-corrected chi connectivity index (χ4v) is 2.58. The maximum absolute atomic E-state index is 6.00. The van der Waals surface area contributed by atoms with E-state index in [9.17, 15) is 0 Å². The van der Waals surface area contributed by atoms with E-state index in [1.165, 1.54) is 11.1 Å². The molecule has 0 aliphatic rings. The Kier molecular flexibility index (Phi) is 8.82. The molecule has 0 amide bonds. The summed E-state index contributed by atoms with van der Waals surface area (Å²) < 4.78 is 5.14. The Morgan fingerprint density at radius 1 is 1.00 bits per heavy atom. The lowest BCUT2D eigenvalue weighted by Crippen LogP contribution is -1.93. The van der Waals surface area contributed by atoms with Crippen molar-refractivity contribution in [2.45, 2.75) is 34.1 Å². The molecule has 134 valence electrons. The van der Waals surface area contributed by atoms with E-state index >= 15 is 0 Å². The summed E-state index contributed by atoms with van der Waals surface area (Å²) >= 11 is 11.7. The van der Waals surface area contributed by atoms with Crippen LogP contribution in [0.2, 0.25) is 10.0 Å².